The van der Waals surface area contributed by atoms with E-state index in [1.54, 1.807) is 6.21 Å². The first-order chi connectivity index (χ1) is 9.58. The summed E-state index contributed by atoms with van der Waals surface area (Å²) < 4.78 is 0. The second-order valence-electron chi connectivity index (χ2n) is 4.14. The summed E-state index contributed by atoms with van der Waals surface area (Å²) in [6.45, 7) is 3.45. The van der Waals surface area contributed by atoms with Gasteiger partial charge in [0.2, 0.25) is 0 Å². The first-order valence-electron chi connectivity index (χ1n) is 6.14. The number of hydrazone groups is 1. The van der Waals surface area contributed by atoms with Crippen molar-refractivity contribution in [3.05, 3.63) is 29.3 Å². The molecule has 0 fully saturated rings. The van der Waals surface area contributed by atoms with Crippen molar-refractivity contribution in [2.45, 2.75) is 6.92 Å². The summed E-state index contributed by atoms with van der Waals surface area (Å²) in [7, 11) is 0. The first kappa shape index (κ1) is 16.6. The SMILES string of the molecule is Cc1cc(N(CCCl)CCCl)ccc1C=NNC(N)=O. The average molecular weight is 317 g/mol. The van der Waals surface area contributed by atoms with E-state index in [4.69, 9.17) is 28.9 Å². The summed E-state index contributed by atoms with van der Waals surface area (Å²) in [5.74, 6) is 1.09. The van der Waals surface area contributed by atoms with Gasteiger partial charge in [-0.05, 0) is 30.2 Å². The van der Waals surface area contributed by atoms with E-state index in [1.165, 1.54) is 0 Å². The number of halogens is 2. The van der Waals surface area contributed by atoms with Crippen molar-refractivity contribution in [3.8, 4) is 0 Å². The molecule has 0 aliphatic heterocycles. The highest BCUT2D eigenvalue weighted by Crippen LogP contribution is 2.18. The number of hydrogen-bond donors (Lipinski definition) is 2. The molecule has 20 heavy (non-hydrogen) atoms. The molecular formula is C13H18Cl2N4O. The van der Waals surface area contributed by atoms with Crippen molar-refractivity contribution in [1.29, 1.82) is 0 Å². The number of carbonyl (C=O) groups excluding carboxylic acids is 1. The minimum absolute atomic E-state index is 0.543. The van der Waals surface area contributed by atoms with Gasteiger partial charge >= 0.3 is 6.03 Å². The zero-order valence-corrected chi connectivity index (χ0v) is 12.8. The number of nitrogens with zero attached hydrogens (tertiary/aromatic N) is 2. The van der Waals surface area contributed by atoms with Crippen LogP contribution in [-0.4, -0.2) is 37.1 Å². The Kier molecular flexibility index (Phi) is 7.18. The van der Waals surface area contributed by atoms with E-state index >= 15 is 0 Å². The average Bonchev–Trinajstić information content (AvgIpc) is 2.40. The van der Waals surface area contributed by atoms with Crippen LogP contribution in [-0.2, 0) is 0 Å². The minimum Gasteiger partial charge on any atom is -0.369 e. The van der Waals surface area contributed by atoms with Gasteiger partial charge in [-0.2, -0.15) is 5.10 Å². The lowest BCUT2D eigenvalue weighted by Gasteiger charge is -2.23. The van der Waals surface area contributed by atoms with E-state index in [1.807, 2.05) is 25.1 Å². The van der Waals surface area contributed by atoms with E-state index < -0.39 is 6.03 Å². The second kappa shape index (κ2) is 8.66. The number of primary amides is 1. The van der Waals surface area contributed by atoms with Gasteiger partial charge in [-0.1, -0.05) is 6.07 Å². The molecule has 1 aromatic carbocycles. The van der Waals surface area contributed by atoms with Gasteiger partial charge in [0.05, 0.1) is 6.21 Å². The molecule has 1 rings (SSSR count). The molecule has 110 valence electrons. The van der Waals surface area contributed by atoms with Crippen molar-refractivity contribution < 1.29 is 4.79 Å². The van der Waals surface area contributed by atoms with Gasteiger partial charge in [0, 0.05) is 30.5 Å². The molecule has 0 heterocycles. The maximum Gasteiger partial charge on any atom is 0.332 e. The predicted octanol–water partition coefficient (Wildman–Crippen LogP) is 2.28. The van der Waals surface area contributed by atoms with Crippen LogP contribution < -0.4 is 16.1 Å². The standard InChI is InChI=1S/C13H18Cl2N4O/c1-10-8-12(19(6-4-14)7-5-15)3-2-11(10)9-17-18-13(16)20/h2-3,8-9H,4-7H2,1H3,(H3,16,18,20). The molecule has 7 heteroatoms. The fourth-order valence-electron chi connectivity index (χ4n) is 1.74. The number of rotatable bonds is 7. The maximum atomic E-state index is 10.5. The highest BCUT2D eigenvalue weighted by molar-refractivity contribution is 6.18. The van der Waals surface area contributed by atoms with Crippen molar-refractivity contribution >= 4 is 41.1 Å². The number of amides is 2. The quantitative estimate of drug-likeness (QED) is 0.460. The Balaban J connectivity index is 2.85. The summed E-state index contributed by atoms with van der Waals surface area (Å²) in [5, 5.41) is 3.74. The molecule has 0 spiro atoms. The van der Waals surface area contributed by atoms with Gasteiger partial charge in [-0.3, -0.25) is 0 Å². The summed E-state index contributed by atoms with van der Waals surface area (Å²) in [4.78, 5) is 12.6. The highest BCUT2D eigenvalue weighted by atomic mass is 35.5. The Morgan fingerprint density at radius 1 is 1.40 bits per heavy atom. The molecule has 0 saturated heterocycles. The van der Waals surface area contributed by atoms with Crippen molar-refractivity contribution in [3.63, 3.8) is 0 Å². The van der Waals surface area contributed by atoms with Crippen LogP contribution in [0.2, 0.25) is 0 Å². The largest absolute Gasteiger partial charge is 0.369 e. The van der Waals surface area contributed by atoms with E-state index in [0.29, 0.717) is 11.8 Å². The normalized spacial score (nSPS) is 10.8. The van der Waals surface area contributed by atoms with Gasteiger partial charge in [-0.15, -0.1) is 23.2 Å². The molecule has 0 bridgehead atoms. The molecule has 3 N–H and O–H groups in total. The number of carbonyl (C=O) groups is 1. The lowest BCUT2D eigenvalue weighted by atomic mass is 10.1. The van der Waals surface area contributed by atoms with E-state index in [2.05, 4.69) is 15.4 Å². The number of anilines is 1. The predicted molar refractivity (Wildman–Crippen MR) is 85.1 cm³/mol. The Morgan fingerprint density at radius 2 is 2.05 bits per heavy atom. The number of alkyl halides is 2. The van der Waals surface area contributed by atoms with Crippen LogP contribution in [0.25, 0.3) is 0 Å². The number of aryl methyl sites for hydroxylation is 1. The molecule has 2 amide bonds. The first-order valence-corrected chi connectivity index (χ1v) is 7.21. The van der Waals surface area contributed by atoms with Crippen LogP contribution in [0.1, 0.15) is 11.1 Å². The highest BCUT2D eigenvalue weighted by Gasteiger charge is 2.06. The molecule has 0 saturated carbocycles. The van der Waals surface area contributed by atoms with Gasteiger partial charge < -0.3 is 10.6 Å². The van der Waals surface area contributed by atoms with Crippen LogP contribution in [0.15, 0.2) is 23.3 Å². The number of urea groups is 1. The fraction of sp³-hybridized carbons (Fsp3) is 0.385. The maximum absolute atomic E-state index is 10.5. The zero-order valence-electron chi connectivity index (χ0n) is 11.3. The van der Waals surface area contributed by atoms with Gasteiger partial charge in [-0.25, -0.2) is 10.2 Å². The molecule has 0 aliphatic carbocycles. The van der Waals surface area contributed by atoms with Crippen molar-refractivity contribution in [1.82, 2.24) is 5.43 Å². The molecule has 0 radical (unpaired) electrons. The Morgan fingerprint density at radius 3 is 2.55 bits per heavy atom. The van der Waals surface area contributed by atoms with E-state index in [0.717, 1.165) is 29.9 Å². The van der Waals surface area contributed by atoms with Crippen LogP contribution >= 0.6 is 23.2 Å². The second-order valence-corrected chi connectivity index (χ2v) is 4.90. The molecule has 5 nitrogen and oxygen atoms in total. The summed E-state index contributed by atoms with van der Waals surface area (Å²) >= 11 is 11.6. The van der Waals surface area contributed by atoms with Gasteiger partial charge in [0.1, 0.15) is 0 Å². The smallest absolute Gasteiger partial charge is 0.332 e. The fourth-order valence-corrected chi connectivity index (χ4v) is 2.15. The molecule has 0 atom stereocenters. The lowest BCUT2D eigenvalue weighted by Crippen LogP contribution is -2.27. The Labute approximate surface area is 128 Å². The number of hydrogen-bond acceptors (Lipinski definition) is 3. The molecular weight excluding hydrogens is 299 g/mol. The van der Waals surface area contributed by atoms with E-state index in [9.17, 15) is 4.79 Å². The van der Waals surface area contributed by atoms with E-state index in [-0.39, 0.29) is 0 Å². The number of benzene rings is 1. The Bertz CT molecular complexity index is 473. The molecule has 0 aromatic heterocycles. The topological polar surface area (TPSA) is 70.7 Å². The zero-order chi connectivity index (χ0) is 15.0. The third kappa shape index (κ3) is 5.27. The van der Waals surface area contributed by atoms with Crippen LogP contribution in [0.5, 0.6) is 0 Å². The number of nitrogens with two attached hydrogens (primary N) is 1. The third-order valence-electron chi connectivity index (χ3n) is 2.71. The summed E-state index contributed by atoms with van der Waals surface area (Å²) in [6, 6.07) is 5.24. The summed E-state index contributed by atoms with van der Waals surface area (Å²) in [5.41, 5.74) is 10.1. The van der Waals surface area contributed by atoms with Crippen molar-refractivity contribution in [2.24, 2.45) is 10.8 Å². The van der Waals surface area contributed by atoms with Crippen LogP contribution in [0.4, 0.5) is 10.5 Å². The molecule has 1 aromatic rings. The molecule has 0 unspecified atom stereocenters. The Hall–Kier alpha value is -1.46. The third-order valence-corrected chi connectivity index (χ3v) is 3.04. The van der Waals surface area contributed by atoms with Crippen LogP contribution in [0.3, 0.4) is 0 Å². The van der Waals surface area contributed by atoms with Gasteiger partial charge in [0.15, 0.2) is 0 Å². The minimum atomic E-state index is -0.689. The van der Waals surface area contributed by atoms with Crippen molar-refractivity contribution in [2.75, 3.05) is 29.7 Å². The monoisotopic (exact) mass is 316 g/mol. The number of nitrogens with one attached hydrogen (secondary N) is 1. The summed E-state index contributed by atoms with van der Waals surface area (Å²) in [6.07, 6.45) is 1.55. The van der Waals surface area contributed by atoms with Crippen LogP contribution in [0, 0.1) is 6.92 Å². The van der Waals surface area contributed by atoms with Gasteiger partial charge in [0.25, 0.3) is 0 Å². The lowest BCUT2D eigenvalue weighted by molar-refractivity contribution is 0.249. The molecule has 0 aliphatic rings.